The molecule has 3 rings (SSSR count). The van der Waals surface area contributed by atoms with E-state index in [1.807, 2.05) is 19.2 Å². The highest BCUT2D eigenvalue weighted by Gasteiger charge is 2.21. The van der Waals surface area contributed by atoms with Crippen molar-refractivity contribution in [3.63, 3.8) is 0 Å². The number of ether oxygens (including phenoxy) is 3. The summed E-state index contributed by atoms with van der Waals surface area (Å²) in [5.74, 6) is 2.49. The maximum absolute atomic E-state index is 5.77. The molecule has 2 saturated heterocycles. The molecule has 0 amide bonds. The van der Waals surface area contributed by atoms with Crippen LogP contribution in [0.5, 0.6) is 5.75 Å². The summed E-state index contributed by atoms with van der Waals surface area (Å²) < 4.78 is 16.6. The first-order chi connectivity index (χ1) is 13.8. The summed E-state index contributed by atoms with van der Waals surface area (Å²) in [5.41, 5.74) is 1.16. The topological polar surface area (TPSA) is 58.6 Å². The lowest BCUT2D eigenvalue weighted by Crippen LogP contribution is -2.52. The zero-order valence-electron chi connectivity index (χ0n) is 17.2. The average molecular weight is 391 g/mol. The minimum absolute atomic E-state index is 0.584. The smallest absolute Gasteiger partial charge is 0.193 e. The van der Waals surface area contributed by atoms with Crippen molar-refractivity contribution in [2.24, 2.45) is 10.9 Å². The van der Waals surface area contributed by atoms with Gasteiger partial charge in [0, 0.05) is 58.9 Å². The quantitative estimate of drug-likeness (QED) is 0.415. The number of para-hydroxylation sites is 2. The molecular formula is C21H34N4O3. The molecule has 1 aromatic rings. The highest BCUT2D eigenvalue weighted by atomic mass is 16.5. The molecule has 0 saturated carbocycles. The van der Waals surface area contributed by atoms with Gasteiger partial charge in [-0.1, -0.05) is 12.1 Å². The van der Waals surface area contributed by atoms with Crippen molar-refractivity contribution in [1.29, 1.82) is 0 Å². The van der Waals surface area contributed by atoms with Gasteiger partial charge in [-0.2, -0.15) is 0 Å². The Morgan fingerprint density at radius 3 is 2.79 bits per heavy atom. The third kappa shape index (κ3) is 5.75. The fraction of sp³-hybridized carbons (Fsp3) is 0.667. The lowest BCUT2D eigenvalue weighted by Gasteiger charge is -2.38. The lowest BCUT2D eigenvalue weighted by atomic mass is 10.1. The number of benzene rings is 1. The molecule has 2 fully saturated rings. The molecule has 0 bridgehead atoms. The highest BCUT2D eigenvalue weighted by molar-refractivity contribution is 5.80. The molecule has 156 valence electrons. The summed E-state index contributed by atoms with van der Waals surface area (Å²) in [6, 6.07) is 8.21. The van der Waals surface area contributed by atoms with E-state index < -0.39 is 0 Å². The standard InChI is InChI=1S/C21H34N4O3/c1-22-21(23-9-5-14-27-16-18-8-15-28-17-18)25-12-10-24(11-13-25)19-6-3-4-7-20(19)26-2/h3-4,6-7,18H,5,8-17H2,1-2H3,(H,22,23). The summed E-state index contributed by atoms with van der Waals surface area (Å²) >= 11 is 0. The molecule has 0 aromatic heterocycles. The molecule has 1 aromatic carbocycles. The molecule has 2 aliphatic heterocycles. The number of nitrogens with one attached hydrogen (secondary N) is 1. The van der Waals surface area contributed by atoms with E-state index in [9.17, 15) is 0 Å². The number of rotatable bonds is 8. The second-order valence-corrected chi connectivity index (χ2v) is 7.28. The molecule has 2 aliphatic rings. The summed E-state index contributed by atoms with van der Waals surface area (Å²) in [6.07, 6.45) is 2.11. The van der Waals surface area contributed by atoms with Crippen LogP contribution in [0.1, 0.15) is 12.8 Å². The average Bonchev–Trinajstić information content (AvgIpc) is 3.27. The van der Waals surface area contributed by atoms with Gasteiger partial charge < -0.3 is 29.3 Å². The zero-order valence-corrected chi connectivity index (χ0v) is 17.2. The fourth-order valence-electron chi connectivity index (χ4n) is 3.72. The second-order valence-electron chi connectivity index (χ2n) is 7.28. The highest BCUT2D eigenvalue weighted by Crippen LogP contribution is 2.28. The van der Waals surface area contributed by atoms with Crippen molar-refractivity contribution in [3.8, 4) is 5.75 Å². The van der Waals surface area contributed by atoms with Gasteiger partial charge >= 0.3 is 0 Å². The monoisotopic (exact) mass is 390 g/mol. The minimum Gasteiger partial charge on any atom is -0.495 e. The Kier molecular flexibility index (Phi) is 8.23. The predicted octanol–water partition coefficient (Wildman–Crippen LogP) is 1.84. The lowest BCUT2D eigenvalue weighted by molar-refractivity contribution is 0.0887. The number of aliphatic imine (C=N–C) groups is 1. The van der Waals surface area contributed by atoms with Gasteiger partial charge in [0.25, 0.3) is 0 Å². The SMILES string of the molecule is CN=C(NCCCOCC1CCOC1)N1CCN(c2ccccc2OC)CC1. The molecule has 7 heteroatoms. The first-order valence-electron chi connectivity index (χ1n) is 10.3. The van der Waals surface area contributed by atoms with Crippen molar-refractivity contribution >= 4 is 11.6 Å². The summed E-state index contributed by atoms with van der Waals surface area (Å²) in [4.78, 5) is 9.16. The van der Waals surface area contributed by atoms with Gasteiger partial charge in [-0.05, 0) is 25.0 Å². The van der Waals surface area contributed by atoms with E-state index in [2.05, 4.69) is 32.2 Å². The Morgan fingerprint density at radius 2 is 2.07 bits per heavy atom. The van der Waals surface area contributed by atoms with Gasteiger partial charge in [0.15, 0.2) is 5.96 Å². The molecular weight excluding hydrogens is 356 g/mol. The Bertz CT molecular complexity index is 611. The summed E-state index contributed by atoms with van der Waals surface area (Å²) in [6.45, 7) is 8.00. The van der Waals surface area contributed by atoms with Crippen LogP contribution in [-0.4, -0.2) is 84.2 Å². The molecule has 0 spiro atoms. The molecule has 28 heavy (non-hydrogen) atoms. The van der Waals surface area contributed by atoms with Crippen molar-refractivity contribution in [2.75, 3.05) is 78.2 Å². The van der Waals surface area contributed by atoms with Crippen LogP contribution in [0, 0.1) is 5.92 Å². The van der Waals surface area contributed by atoms with E-state index in [0.717, 1.165) is 89.4 Å². The molecule has 0 radical (unpaired) electrons. The van der Waals surface area contributed by atoms with E-state index in [1.54, 1.807) is 7.11 Å². The number of guanidine groups is 1. The van der Waals surface area contributed by atoms with Crippen LogP contribution >= 0.6 is 0 Å². The number of anilines is 1. The third-order valence-electron chi connectivity index (χ3n) is 5.34. The maximum Gasteiger partial charge on any atom is 0.193 e. The van der Waals surface area contributed by atoms with Gasteiger partial charge in [-0.3, -0.25) is 4.99 Å². The Balaban J connectivity index is 1.35. The van der Waals surface area contributed by atoms with Crippen LogP contribution < -0.4 is 15.0 Å². The van der Waals surface area contributed by atoms with Gasteiger partial charge in [0.2, 0.25) is 0 Å². The van der Waals surface area contributed by atoms with Crippen LogP contribution in [-0.2, 0) is 9.47 Å². The molecule has 2 heterocycles. The second kappa shape index (κ2) is 11.1. The number of hydrogen-bond donors (Lipinski definition) is 1. The third-order valence-corrected chi connectivity index (χ3v) is 5.34. The predicted molar refractivity (Wildman–Crippen MR) is 113 cm³/mol. The van der Waals surface area contributed by atoms with Crippen LogP contribution in [0.3, 0.4) is 0 Å². The van der Waals surface area contributed by atoms with E-state index in [0.29, 0.717) is 5.92 Å². The maximum atomic E-state index is 5.77. The van der Waals surface area contributed by atoms with Crippen LogP contribution in [0.15, 0.2) is 29.3 Å². The van der Waals surface area contributed by atoms with E-state index in [-0.39, 0.29) is 0 Å². The van der Waals surface area contributed by atoms with Crippen molar-refractivity contribution in [1.82, 2.24) is 10.2 Å². The van der Waals surface area contributed by atoms with Crippen LogP contribution in [0.4, 0.5) is 5.69 Å². The molecule has 0 aliphatic carbocycles. The Labute approximate surface area is 168 Å². The van der Waals surface area contributed by atoms with Gasteiger partial charge in [0.1, 0.15) is 5.75 Å². The minimum atomic E-state index is 0.584. The van der Waals surface area contributed by atoms with Crippen molar-refractivity contribution in [3.05, 3.63) is 24.3 Å². The number of methoxy groups -OCH3 is 1. The summed E-state index contributed by atoms with van der Waals surface area (Å²) in [7, 11) is 3.58. The number of hydrogen-bond acceptors (Lipinski definition) is 5. The number of piperazine rings is 1. The Hall–Kier alpha value is -1.99. The molecule has 1 unspecified atom stereocenters. The number of nitrogens with zero attached hydrogens (tertiary/aromatic N) is 3. The van der Waals surface area contributed by atoms with E-state index >= 15 is 0 Å². The van der Waals surface area contributed by atoms with Crippen molar-refractivity contribution in [2.45, 2.75) is 12.8 Å². The van der Waals surface area contributed by atoms with Gasteiger partial charge in [-0.15, -0.1) is 0 Å². The fourth-order valence-corrected chi connectivity index (χ4v) is 3.72. The van der Waals surface area contributed by atoms with Crippen LogP contribution in [0.2, 0.25) is 0 Å². The van der Waals surface area contributed by atoms with Gasteiger partial charge in [-0.25, -0.2) is 0 Å². The zero-order chi connectivity index (χ0) is 19.6. The van der Waals surface area contributed by atoms with Gasteiger partial charge in [0.05, 0.1) is 26.0 Å². The largest absolute Gasteiger partial charge is 0.495 e. The molecule has 1 N–H and O–H groups in total. The molecule has 7 nitrogen and oxygen atoms in total. The normalized spacial score (nSPS) is 20.5. The summed E-state index contributed by atoms with van der Waals surface area (Å²) in [5, 5.41) is 3.47. The first-order valence-corrected chi connectivity index (χ1v) is 10.3. The van der Waals surface area contributed by atoms with Crippen LogP contribution in [0.25, 0.3) is 0 Å². The van der Waals surface area contributed by atoms with E-state index in [1.165, 1.54) is 0 Å². The van der Waals surface area contributed by atoms with Crippen molar-refractivity contribution < 1.29 is 14.2 Å². The molecule has 1 atom stereocenters. The Morgan fingerprint density at radius 1 is 1.25 bits per heavy atom. The first kappa shape index (κ1) is 20.7. The van der Waals surface area contributed by atoms with E-state index in [4.69, 9.17) is 14.2 Å².